The van der Waals surface area contributed by atoms with Gasteiger partial charge in [-0.15, -0.1) is 0 Å². The first-order valence-corrected chi connectivity index (χ1v) is 8.84. The Bertz CT molecular complexity index is 437. The second-order valence-electron chi connectivity index (χ2n) is 7.17. The number of rotatable bonds is 6. The van der Waals surface area contributed by atoms with Crippen LogP contribution in [0.5, 0.6) is 0 Å². The molecule has 0 spiro atoms. The van der Waals surface area contributed by atoms with Crippen LogP contribution in [0.25, 0.3) is 0 Å². The molecule has 0 bridgehead atoms. The number of benzene rings is 1. The third-order valence-electron chi connectivity index (χ3n) is 5.48. The molecule has 0 radical (unpaired) electrons. The lowest BCUT2D eigenvalue weighted by atomic mass is 9.70. The van der Waals surface area contributed by atoms with E-state index in [0.29, 0.717) is 0 Å². The third-order valence-corrected chi connectivity index (χ3v) is 5.48. The van der Waals surface area contributed by atoms with Crippen molar-refractivity contribution in [2.75, 3.05) is 13.6 Å². The van der Waals surface area contributed by atoms with Crippen molar-refractivity contribution in [1.82, 2.24) is 5.32 Å². The number of hydrogen-bond acceptors (Lipinski definition) is 1. The van der Waals surface area contributed by atoms with Crippen LogP contribution in [0.15, 0.2) is 18.2 Å². The SMILES string of the molecule is CCCC1CCC(CNC)C(Cc2ccc(C)c(C)c2)C1. The highest BCUT2D eigenvalue weighted by atomic mass is 14.8. The van der Waals surface area contributed by atoms with Gasteiger partial charge in [0.15, 0.2) is 0 Å². The van der Waals surface area contributed by atoms with Crippen molar-refractivity contribution >= 4 is 0 Å². The Morgan fingerprint density at radius 1 is 1.10 bits per heavy atom. The fraction of sp³-hybridized carbons (Fsp3) is 0.700. The van der Waals surface area contributed by atoms with Gasteiger partial charge in [0.05, 0.1) is 0 Å². The molecule has 0 saturated heterocycles. The van der Waals surface area contributed by atoms with E-state index in [9.17, 15) is 0 Å². The zero-order valence-corrected chi connectivity index (χ0v) is 14.4. The summed E-state index contributed by atoms with van der Waals surface area (Å²) >= 11 is 0. The maximum atomic E-state index is 3.42. The average Bonchev–Trinajstić information content (AvgIpc) is 2.46. The normalized spacial score (nSPS) is 26.0. The summed E-state index contributed by atoms with van der Waals surface area (Å²) in [5.41, 5.74) is 4.40. The van der Waals surface area contributed by atoms with E-state index in [4.69, 9.17) is 0 Å². The van der Waals surface area contributed by atoms with E-state index in [1.165, 1.54) is 56.2 Å². The van der Waals surface area contributed by atoms with Crippen molar-refractivity contribution < 1.29 is 0 Å². The molecule has 3 unspecified atom stereocenters. The number of hydrogen-bond donors (Lipinski definition) is 1. The van der Waals surface area contributed by atoms with Crippen molar-refractivity contribution in [2.24, 2.45) is 17.8 Å². The summed E-state index contributed by atoms with van der Waals surface area (Å²) in [5.74, 6) is 2.70. The maximum absolute atomic E-state index is 3.42. The standard InChI is InChI=1S/C20H33N/c1-5-6-17-9-10-19(14-21-4)20(12-17)13-18-8-7-15(2)16(3)11-18/h7-8,11,17,19-21H,5-6,9-10,12-14H2,1-4H3. The third kappa shape index (κ3) is 4.57. The molecular weight excluding hydrogens is 254 g/mol. The van der Waals surface area contributed by atoms with Crippen molar-refractivity contribution in [3.05, 3.63) is 34.9 Å². The highest BCUT2D eigenvalue weighted by Crippen LogP contribution is 2.37. The Balaban J connectivity index is 2.05. The van der Waals surface area contributed by atoms with E-state index in [0.717, 1.165) is 17.8 Å². The molecule has 0 amide bonds. The van der Waals surface area contributed by atoms with Crippen LogP contribution in [0.4, 0.5) is 0 Å². The van der Waals surface area contributed by atoms with Gasteiger partial charge in [0.2, 0.25) is 0 Å². The molecule has 1 aromatic rings. The van der Waals surface area contributed by atoms with E-state index >= 15 is 0 Å². The van der Waals surface area contributed by atoms with Crippen molar-refractivity contribution in [3.8, 4) is 0 Å². The van der Waals surface area contributed by atoms with Crippen LogP contribution in [-0.4, -0.2) is 13.6 Å². The summed E-state index contributed by atoms with van der Waals surface area (Å²) in [5, 5.41) is 3.42. The van der Waals surface area contributed by atoms with E-state index in [-0.39, 0.29) is 0 Å². The monoisotopic (exact) mass is 287 g/mol. The van der Waals surface area contributed by atoms with Crippen molar-refractivity contribution in [2.45, 2.75) is 59.3 Å². The van der Waals surface area contributed by atoms with Gasteiger partial charge in [-0.1, -0.05) is 44.4 Å². The van der Waals surface area contributed by atoms with Gasteiger partial charge in [0, 0.05) is 0 Å². The van der Waals surface area contributed by atoms with Gasteiger partial charge in [-0.3, -0.25) is 0 Å². The Kier molecular flexibility index (Phi) is 6.29. The van der Waals surface area contributed by atoms with E-state index in [2.05, 4.69) is 51.3 Å². The molecule has 1 heteroatoms. The van der Waals surface area contributed by atoms with Gasteiger partial charge >= 0.3 is 0 Å². The molecule has 0 aromatic heterocycles. The Hall–Kier alpha value is -0.820. The molecule has 1 aliphatic carbocycles. The minimum atomic E-state index is 0.865. The first-order valence-electron chi connectivity index (χ1n) is 8.84. The average molecular weight is 287 g/mol. The molecule has 1 aromatic carbocycles. The van der Waals surface area contributed by atoms with Crippen LogP contribution in [0.1, 0.15) is 55.7 Å². The highest BCUT2D eigenvalue weighted by Gasteiger charge is 2.29. The number of nitrogens with one attached hydrogen (secondary N) is 1. The van der Waals surface area contributed by atoms with Gasteiger partial charge in [0.25, 0.3) is 0 Å². The summed E-state index contributed by atoms with van der Waals surface area (Å²) in [6.45, 7) is 7.97. The smallest absolute Gasteiger partial charge is 0.00208 e. The molecule has 1 nitrogen and oxygen atoms in total. The van der Waals surface area contributed by atoms with Crippen LogP contribution in [0.3, 0.4) is 0 Å². The topological polar surface area (TPSA) is 12.0 Å². The van der Waals surface area contributed by atoms with Gasteiger partial charge in [-0.2, -0.15) is 0 Å². The van der Waals surface area contributed by atoms with Gasteiger partial charge in [-0.05, 0) is 81.1 Å². The van der Waals surface area contributed by atoms with Crippen LogP contribution < -0.4 is 5.32 Å². The molecule has 1 N–H and O–H groups in total. The van der Waals surface area contributed by atoms with Crippen LogP contribution in [0, 0.1) is 31.6 Å². The zero-order chi connectivity index (χ0) is 15.2. The van der Waals surface area contributed by atoms with Crippen LogP contribution in [0.2, 0.25) is 0 Å². The lowest BCUT2D eigenvalue weighted by Gasteiger charge is -2.36. The summed E-state index contributed by atoms with van der Waals surface area (Å²) in [6.07, 6.45) is 8.35. The molecule has 1 aliphatic rings. The molecule has 0 aliphatic heterocycles. The first-order chi connectivity index (χ1) is 10.1. The number of aryl methyl sites for hydroxylation is 2. The summed E-state index contributed by atoms with van der Waals surface area (Å²) in [4.78, 5) is 0. The molecule has 2 rings (SSSR count). The zero-order valence-electron chi connectivity index (χ0n) is 14.4. The molecular formula is C20H33N. The maximum Gasteiger partial charge on any atom is -0.00208 e. The van der Waals surface area contributed by atoms with Crippen molar-refractivity contribution in [1.29, 1.82) is 0 Å². The minimum Gasteiger partial charge on any atom is -0.319 e. The van der Waals surface area contributed by atoms with Crippen LogP contribution in [-0.2, 0) is 6.42 Å². The predicted molar refractivity (Wildman–Crippen MR) is 92.8 cm³/mol. The summed E-state index contributed by atoms with van der Waals surface area (Å²) in [7, 11) is 2.10. The second kappa shape index (κ2) is 7.98. The largest absolute Gasteiger partial charge is 0.319 e. The predicted octanol–water partition coefficient (Wildman–Crippen LogP) is 4.90. The van der Waals surface area contributed by atoms with E-state index in [1.807, 2.05) is 0 Å². The van der Waals surface area contributed by atoms with Gasteiger partial charge in [-0.25, -0.2) is 0 Å². The van der Waals surface area contributed by atoms with Gasteiger partial charge < -0.3 is 5.32 Å². The summed E-state index contributed by atoms with van der Waals surface area (Å²) < 4.78 is 0. The summed E-state index contributed by atoms with van der Waals surface area (Å²) in [6, 6.07) is 7.06. The minimum absolute atomic E-state index is 0.865. The first kappa shape index (κ1) is 16.5. The molecule has 118 valence electrons. The Morgan fingerprint density at radius 3 is 2.57 bits per heavy atom. The van der Waals surface area contributed by atoms with E-state index < -0.39 is 0 Å². The van der Waals surface area contributed by atoms with Crippen LogP contribution >= 0.6 is 0 Å². The quantitative estimate of drug-likeness (QED) is 0.785. The molecule has 3 atom stereocenters. The van der Waals surface area contributed by atoms with Crippen molar-refractivity contribution in [3.63, 3.8) is 0 Å². The molecule has 0 heterocycles. The lowest BCUT2D eigenvalue weighted by Crippen LogP contribution is -2.33. The lowest BCUT2D eigenvalue weighted by molar-refractivity contribution is 0.169. The highest BCUT2D eigenvalue weighted by molar-refractivity contribution is 5.30. The fourth-order valence-corrected chi connectivity index (χ4v) is 4.11. The fourth-order valence-electron chi connectivity index (χ4n) is 4.11. The van der Waals surface area contributed by atoms with E-state index in [1.54, 1.807) is 5.56 Å². The Labute approximate surface area is 131 Å². The molecule has 1 fully saturated rings. The molecule has 1 saturated carbocycles. The molecule has 21 heavy (non-hydrogen) atoms. The Morgan fingerprint density at radius 2 is 1.90 bits per heavy atom. The van der Waals surface area contributed by atoms with Gasteiger partial charge in [0.1, 0.15) is 0 Å². The second-order valence-corrected chi connectivity index (χ2v) is 7.17.